The number of thioether (sulfide) groups is 1. The third-order valence-electron chi connectivity index (χ3n) is 4.16. The van der Waals surface area contributed by atoms with Crippen molar-refractivity contribution < 1.29 is 9.53 Å². The Morgan fingerprint density at radius 3 is 2.54 bits per heavy atom. The summed E-state index contributed by atoms with van der Waals surface area (Å²) in [5.74, 6) is -0.282. The van der Waals surface area contributed by atoms with Crippen LogP contribution in [0.2, 0.25) is 0 Å². The number of benzene rings is 2. The summed E-state index contributed by atoms with van der Waals surface area (Å²) in [4.78, 5) is 17.3. The van der Waals surface area contributed by atoms with E-state index in [9.17, 15) is 10.1 Å². The summed E-state index contributed by atoms with van der Waals surface area (Å²) in [5.41, 5.74) is 2.54. The number of nitriles is 1. The van der Waals surface area contributed by atoms with Crippen molar-refractivity contribution in [3.05, 3.63) is 60.4 Å². The van der Waals surface area contributed by atoms with E-state index in [0.29, 0.717) is 5.56 Å². The molecule has 0 aliphatic carbocycles. The Morgan fingerprint density at radius 2 is 1.85 bits per heavy atom. The van der Waals surface area contributed by atoms with E-state index in [2.05, 4.69) is 11.1 Å². The maximum absolute atomic E-state index is 12.1. The molecule has 0 unspecified atom stereocenters. The summed E-state index contributed by atoms with van der Waals surface area (Å²) in [7, 11) is 1.40. The standard InChI is InChI=1S/C21H18N2O2S/c1-21(2,20(24)25-3)26-19-10-11-23-13-18(19)17-9-8-14(12-22)15-6-4-5-7-16(15)17/h4-11,13H,1-3H3. The maximum atomic E-state index is 12.1. The van der Waals surface area contributed by atoms with Gasteiger partial charge in [-0.2, -0.15) is 5.26 Å². The molecule has 0 N–H and O–H groups in total. The molecule has 26 heavy (non-hydrogen) atoms. The van der Waals surface area contributed by atoms with E-state index in [1.807, 2.05) is 56.3 Å². The number of pyridine rings is 1. The van der Waals surface area contributed by atoms with Gasteiger partial charge in [0.15, 0.2) is 0 Å². The van der Waals surface area contributed by atoms with Gasteiger partial charge in [-0.15, -0.1) is 11.8 Å². The van der Waals surface area contributed by atoms with Gasteiger partial charge in [0.2, 0.25) is 0 Å². The molecule has 0 aliphatic rings. The second kappa shape index (κ2) is 7.19. The lowest BCUT2D eigenvalue weighted by atomic mass is 9.96. The molecule has 0 spiro atoms. The molecule has 4 nitrogen and oxygen atoms in total. The molecule has 0 fully saturated rings. The molecule has 0 atom stereocenters. The number of carbonyl (C=O) groups is 1. The summed E-state index contributed by atoms with van der Waals surface area (Å²) in [6.07, 6.45) is 3.51. The van der Waals surface area contributed by atoms with E-state index >= 15 is 0 Å². The molecule has 0 aliphatic heterocycles. The molecular weight excluding hydrogens is 344 g/mol. The highest BCUT2D eigenvalue weighted by Crippen LogP contribution is 2.41. The molecule has 0 saturated carbocycles. The fourth-order valence-corrected chi connectivity index (χ4v) is 3.98. The van der Waals surface area contributed by atoms with Gasteiger partial charge < -0.3 is 4.74 Å². The van der Waals surface area contributed by atoms with Gasteiger partial charge in [-0.25, -0.2) is 0 Å². The third-order valence-corrected chi connectivity index (χ3v) is 5.41. The summed E-state index contributed by atoms with van der Waals surface area (Å²) >= 11 is 1.44. The zero-order valence-corrected chi connectivity index (χ0v) is 15.6. The first-order valence-electron chi connectivity index (χ1n) is 8.11. The zero-order valence-electron chi connectivity index (χ0n) is 14.8. The maximum Gasteiger partial charge on any atom is 0.321 e. The van der Waals surface area contributed by atoms with Gasteiger partial charge in [0.05, 0.1) is 18.7 Å². The van der Waals surface area contributed by atoms with E-state index < -0.39 is 4.75 Å². The predicted octanol–water partition coefficient (Wildman–Crippen LogP) is 4.82. The number of hydrogen-bond donors (Lipinski definition) is 0. The first-order valence-corrected chi connectivity index (χ1v) is 8.93. The molecule has 2 aromatic carbocycles. The van der Waals surface area contributed by atoms with Crippen LogP contribution < -0.4 is 0 Å². The van der Waals surface area contributed by atoms with Crippen molar-refractivity contribution in [2.24, 2.45) is 0 Å². The summed E-state index contributed by atoms with van der Waals surface area (Å²) < 4.78 is 4.19. The SMILES string of the molecule is COC(=O)C(C)(C)Sc1ccncc1-c1ccc(C#N)c2ccccc12. The number of hydrogen-bond acceptors (Lipinski definition) is 5. The Balaban J connectivity index is 2.17. The number of nitrogens with zero attached hydrogens (tertiary/aromatic N) is 2. The second-order valence-corrected chi connectivity index (χ2v) is 7.96. The number of carbonyl (C=O) groups excluding carboxylic acids is 1. The van der Waals surface area contributed by atoms with Gasteiger partial charge in [0.25, 0.3) is 0 Å². The van der Waals surface area contributed by atoms with Crippen LogP contribution in [-0.2, 0) is 9.53 Å². The quantitative estimate of drug-likeness (QED) is 0.492. The highest BCUT2D eigenvalue weighted by molar-refractivity contribution is 8.01. The number of esters is 1. The largest absolute Gasteiger partial charge is 0.468 e. The number of aromatic nitrogens is 1. The summed E-state index contributed by atoms with van der Waals surface area (Å²) in [5, 5.41) is 11.3. The highest BCUT2D eigenvalue weighted by atomic mass is 32.2. The minimum Gasteiger partial charge on any atom is -0.468 e. The molecule has 130 valence electrons. The van der Waals surface area contributed by atoms with Crippen molar-refractivity contribution in [3.8, 4) is 17.2 Å². The molecule has 0 bridgehead atoms. The molecule has 5 heteroatoms. The van der Waals surface area contributed by atoms with Crippen molar-refractivity contribution in [1.29, 1.82) is 5.26 Å². The predicted molar refractivity (Wildman–Crippen MR) is 104 cm³/mol. The van der Waals surface area contributed by atoms with Gasteiger partial charge in [-0.05, 0) is 36.9 Å². The van der Waals surface area contributed by atoms with Crippen molar-refractivity contribution in [1.82, 2.24) is 4.98 Å². The van der Waals surface area contributed by atoms with Crippen LogP contribution in [0.4, 0.5) is 0 Å². The van der Waals surface area contributed by atoms with Crippen LogP contribution in [-0.4, -0.2) is 22.8 Å². The Kier molecular flexibility index (Phi) is 4.97. The summed E-state index contributed by atoms with van der Waals surface area (Å²) in [6.45, 7) is 3.68. The van der Waals surface area contributed by atoms with Crippen molar-refractivity contribution >= 4 is 28.5 Å². The minimum absolute atomic E-state index is 0.282. The fourth-order valence-electron chi connectivity index (χ4n) is 2.87. The Labute approximate surface area is 156 Å². The fraction of sp³-hybridized carbons (Fsp3) is 0.190. The van der Waals surface area contributed by atoms with Gasteiger partial charge >= 0.3 is 5.97 Å². The number of rotatable bonds is 4. The van der Waals surface area contributed by atoms with Gasteiger partial charge in [-0.1, -0.05) is 30.3 Å². The van der Waals surface area contributed by atoms with E-state index in [0.717, 1.165) is 26.8 Å². The molecular formula is C21H18N2O2S. The van der Waals surface area contributed by atoms with E-state index in [-0.39, 0.29) is 5.97 Å². The van der Waals surface area contributed by atoms with Crippen molar-refractivity contribution in [2.45, 2.75) is 23.5 Å². The lowest BCUT2D eigenvalue weighted by Gasteiger charge is -2.22. The minimum atomic E-state index is -0.729. The van der Waals surface area contributed by atoms with E-state index in [1.54, 1.807) is 12.4 Å². The van der Waals surface area contributed by atoms with Crippen molar-refractivity contribution in [2.75, 3.05) is 7.11 Å². The molecule has 0 amide bonds. The lowest BCUT2D eigenvalue weighted by Crippen LogP contribution is -2.28. The van der Waals surface area contributed by atoms with Crippen LogP contribution in [0, 0.1) is 11.3 Å². The molecule has 1 aromatic heterocycles. The first kappa shape index (κ1) is 18.0. The topological polar surface area (TPSA) is 63.0 Å². The zero-order chi connectivity index (χ0) is 18.7. The van der Waals surface area contributed by atoms with Gasteiger partial charge in [-0.3, -0.25) is 9.78 Å². The average molecular weight is 362 g/mol. The molecule has 0 saturated heterocycles. The smallest absolute Gasteiger partial charge is 0.321 e. The third kappa shape index (κ3) is 3.29. The Morgan fingerprint density at radius 1 is 1.12 bits per heavy atom. The highest BCUT2D eigenvalue weighted by Gasteiger charge is 2.31. The summed E-state index contributed by atoms with van der Waals surface area (Å²) in [6, 6.07) is 15.7. The second-order valence-electron chi connectivity index (χ2n) is 6.29. The van der Waals surface area contributed by atoms with Gasteiger partial charge in [0, 0.05) is 28.2 Å². The number of methoxy groups -OCH3 is 1. The Bertz CT molecular complexity index is 1020. The molecule has 1 heterocycles. The van der Waals surface area contributed by atoms with Crippen LogP contribution >= 0.6 is 11.8 Å². The van der Waals surface area contributed by atoms with Crippen LogP contribution in [0.1, 0.15) is 19.4 Å². The van der Waals surface area contributed by atoms with Crippen molar-refractivity contribution in [3.63, 3.8) is 0 Å². The lowest BCUT2D eigenvalue weighted by molar-refractivity contribution is -0.142. The Hall–Kier alpha value is -2.84. The monoisotopic (exact) mass is 362 g/mol. The van der Waals surface area contributed by atoms with E-state index in [1.165, 1.54) is 18.9 Å². The van der Waals surface area contributed by atoms with Gasteiger partial charge in [0.1, 0.15) is 4.75 Å². The van der Waals surface area contributed by atoms with Crippen LogP contribution in [0.15, 0.2) is 59.8 Å². The molecule has 0 radical (unpaired) electrons. The number of ether oxygens (including phenoxy) is 1. The molecule has 3 rings (SSSR count). The normalized spacial score (nSPS) is 11.2. The number of fused-ring (bicyclic) bond motifs is 1. The van der Waals surface area contributed by atoms with E-state index in [4.69, 9.17) is 4.74 Å². The molecule has 3 aromatic rings. The van der Waals surface area contributed by atoms with Crippen LogP contribution in [0.5, 0.6) is 0 Å². The average Bonchev–Trinajstić information content (AvgIpc) is 2.66. The van der Waals surface area contributed by atoms with Crippen LogP contribution in [0.3, 0.4) is 0 Å². The van der Waals surface area contributed by atoms with Crippen LogP contribution in [0.25, 0.3) is 21.9 Å². The first-order chi connectivity index (χ1) is 12.5.